The molecule has 11 heteroatoms. The minimum atomic E-state index is -3.13. The number of halogens is 1. The fraction of sp³-hybridized carbons (Fsp3) is 0.261. The monoisotopic (exact) mass is 516 g/mol. The molecule has 5 rings (SSSR count). The van der Waals surface area contributed by atoms with Crippen molar-refractivity contribution in [2.45, 2.75) is 19.4 Å². The molecule has 4 aromatic rings. The molecule has 1 atom stereocenters. The van der Waals surface area contributed by atoms with Crippen LogP contribution in [0.25, 0.3) is 21.6 Å². The van der Waals surface area contributed by atoms with E-state index in [1.165, 1.54) is 18.4 Å². The lowest BCUT2D eigenvalue weighted by Crippen LogP contribution is -2.15. The fourth-order valence-electron chi connectivity index (χ4n) is 4.23. The molecule has 34 heavy (non-hydrogen) atoms. The number of thiophene rings is 1. The second-order valence-electron chi connectivity index (χ2n) is 8.12. The second-order valence-corrected chi connectivity index (χ2v) is 11.7. The summed E-state index contributed by atoms with van der Waals surface area (Å²) in [6.07, 6.45) is 0.463. The molecule has 1 amide bonds. The van der Waals surface area contributed by atoms with Crippen LogP contribution in [-0.2, 0) is 9.84 Å². The average molecular weight is 517 g/mol. The van der Waals surface area contributed by atoms with Gasteiger partial charge in [0.05, 0.1) is 57.6 Å². The Morgan fingerprint density at radius 2 is 2.12 bits per heavy atom. The molecule has 1 fully saturated rings. The van der Waals surface area contributed by atoms with E-state index < -0.39 is 9.84 Å². The Kier molecular flexibility index (Phi) is 5.83. The summed E-state index contributed by atoms with van der Waals surface area (Å²) in [7, 11) is -1.61. The highest BCUT2D eigenvalue weighted by atomic mass is 35.5. The highest BCUT2D eigenvalue weighted by Crippen LogP contribution is 2.34. The van der Waals surface area contributed by atoms with Crippen LogP contribution in [-0.4, -0.2) is 47.7 Å². The van der Waals surface area contributed by atoms with Crippen LogP contribution in [0.4, 0.5) is 5.69 Å². The third-order valence-corrected chi connectivity index (χ3v) is 8.70. The molecule has 1 aromatic carbocycles. The maximum absolute atomic E-state index is 13.5. The molecule has 1 aliphatic rings. The van der Waals surface area contributed by atoms with Crippen molar-refractivity contribution in [1.82, 2.24) is 14.8 Å². The summed E-state index contributed by atoms with van der Waals surface area (Å²) in [6.45, 7) is 1.80. The van der Waals surface area contributed by atoms with E-state index in [0.717, 1.165) is 4.88 Å². The number of fused-ring (bicyclic) bond motifs is 1. The number of benzene rings is 1. The van der Waals surface area contributed by atoms with Gasteiger partial charge in [0, 0.05) is 5.02 Å². The third-order valence-electron chi connectivity index (χ3n) is 5.82. The number of methoxy groups -OCH3 is 1. The zero-order valence-corrected chi connectivity index (χ0v) is 20.8. The summed E-state index contributed by atoms with van der Waals surface area (Å²) >= 11 is 7.64. The normalized spacial score (nSPS) is 17.2. The second kappa shape index (κ2) is 8.68. The predicted octanol–water partition coefficient (Wildman–Crippen LogP) is 4.74. The molecule has 0 spiro atoms. The summed E-state index contributed by atoms with van der Waals surface area (Å²) in [5.74, 6) is 0.234. The number of carbonyl (C=O) groups excluding carboxylic acids is 1. The van der Waals surface area contributed by atoms with Crippen LogP contribution in [0, 0.1) is 6.92 Å². The van der Waals surface area contributed by atoms with Gasteiger partial charge in [-0.15, -0.1) is 11.3 Å². The zero-order chi connectivity index (χ0) is 24.0. The highest BCUT2D eigenvalue weighted by molar-refractivity contribution is 7.91. The molecule has 3 aromatic heterocycles. The number of rotatable bonds is 5. The molecule has 1 N–H and O–H groups in total. The molecular formula is C23H21ClN4O4S2. The number of pyridine rings is 1. The van der Waals surface area contributed by atoms with Crippen molar-refractivity contribution < 1.29 is 17.9 Å². The molecule has 1 aliphatic heterocycles. The van der Waals surface area contributed by atoms with E-state index in [4.69, 9.17) is 21.3 Å². The van der Waals surface area contributed by atoms with E-state index in [-0.39, 0.29) is 23.5 Å². The maximum atomic E-state index is 13.5. The molecule has 4 heterocycles. The summed E-state index contributed by atoms with van der Waals surface area (Å²) in [6, 6.07) is 10.2. The summed E-state index contributed by atoms with van der Waals surface area (Å²) < 4.78 is 31.3. The first kappa shape index (κ1) is 22.8. The fourth-order valence-corrected chi connectivity index (χ4v) is 6.78. The van der Waals surface area contributed by atoms with Gasteiger partial charge >= 0.3 is 0 Å². The molecule has 0 aliphatic carbocycles. The van der Waals surface area contributed by atoms with Crippen molar-refractivity contribution in [2.24, 2.45) is 0 Å². The molecule has 1 saturated heterocycles. The van der Waals surface area contributed by atoms with Crippen LogP contribution >= 0.6 is 22.9 Å². The van der Waals surface area contributed by atoms with E-state index >= 15 is 0 Å². The van der Waals surface area contributed by atoms with Crippen LogP contribution in [0.5, 0.6) is 5.75 Å². The largest absolute Gasteiger partial charge is 0.495 e. The number of carbonyl (C=O) groups is 1. The van der Waals surface area contributed by atoms with E-state index in [2.05, 4.69) is 10.4 Å². The van der Waals surface area contributed by atoms with Gasteiger partial charge in [-0.05, 0) is 49.1 Å². The molecular weight excluding hydrogens is 496 g/mol. The van der Waals surface area contributed by atoms with Crippen molar-refractivity contribution in [1.29, 1.82) is 0 Å². The maximum Gasteiger partial charge on any atom is 0.256 e. The van der Waals surface area contributed by atoms with Crippen molar-refractivity contribution >= 4 is 55.4 Å². The Morgan fingerprint density at radius 3 is 2.79 bits per heavy atom. The van der Waals surface area contributed by atoms with E-state index in [1.807, 2.05) is 17.5 Å². The molecule has 0 bridgehead atoms. The first-order valence-electron chi connectivity index (χ1n) is 10.5. The molecule has 8 nitrogen and oxygen atoms in total. The minimum absolute atomic E-state index is 0.00930. The summed E-state index contributed by atoms with van der Waals surface area (Å²) in [5, 5.41) is 10.5. The number of nitrogens with one attached hydrogen (secondary N) is 1. The summed E-state index contributed by atoms with van der Waals surface area (Å²) in [5.41, 5.74) is 2.55. The van der Waals surface area contributed by atoms with E-state index in [9.17, 15) is 13.2 Å². The Bertz CT molecular complexity index is 1510. The number of nitrogens with zero attached hydrogens (tertiary/aromatic N) is 3. The smallest absolute Gasteiger partial charge is 0.256 e. The number of amides is 1. The molecule has 0 radical (unpaired) electrons. The van der Waals surface area contributed by atoms with Gasteiger partial charge in [-0.1, -0.05) is 17.7 Å². The van der Waals surface area contributed by atoms with Gasteiger partial charge in [0.1, 0.15) is 5.75 Å². The Labute approximate surface area is 205 Å². The lowest BCUT2D eigenvalue weighted by Gasteiger charge is -2.13. The number of hydrogen-bond donors (Lipinski definition) is 1. The SMILES string of the molecule is COc1ccc(Cl)cc1NC(=O)c1cc(-c2cccs2)nc2c1c(C)nn2C1CCS(=O)(=O)C1. The number of aryl methyl sites for hydroxylation is 1. The van der Waals surface area contributed by atoms with Gasteiger partial charge in [0.2, 0.25) is 0 Å². The quantitative estimate of drug-likeness (QED) is 0.411. The number of ether oxygens (including phenoxy) is 1. The predicted molar refractivity (Wildman–Crippen MR) is 134 cm³/mol. The van der Waals surface area contributed by atoms with Crippen LogP contribution < -0.4 is 10.1 Å². The summed E-state index contributed by atoms with van der Waals surface area (Å²) in [4.78, 5) is 19.3. The lowest BCUT2D eigenvalue weighted by atomic mass is 10.1. The average Bonchev–Trinajstić information content (AvgIpc) is 3.53. The van der Waals surface area contributed by atoms with Gasteiger partial charge in [-0.2, -0.15) is 5.10 Å². The standard InChI is InChI=1S/C23H21ClN4O4S2/c1-13-21-16(23(29)26-17-10-14(24)5-6-19(17)32-2)11-18(20-4-3-8-33-20)25-22(21)28(27-13)15-7-9-34(30,31)12-15/h3-6,8,10-11,15H,7,9,12H2,1-2H3,(H,26,29). The van der Waals surface area contributed by atoms with Crippen molar-refractivity contribution in [3.63, 3.8) is 0 Å². The number of hydrogen-bond acceptors (Lipinski definition) is 7. The minimum Gasteiger partial charge on any atom is -0.495 e. The molecule has 1 unspecified atom stereocenters. The van der Waals surface area contributed by atoms with Crippen LogP contribution in [0.1, 0.15) is 28.5 Å². The van der Waals surface area contributed by atoms with Crippen LogP contribution in [0.2, 0.25) is 5.02 Å². The van der Waals surface area contributed by atoms with Gasteiger partial charge in [-0.25, -0.2) is 18.1 Å². The first-order chi connectivity index (χ1) is 16.3. The Balaban J connectivity index is 1.66. The van der Waals surface area contributed by atoms with Crippen LogP contribution in [0.3, 0.4) is 0 Å². The topological polar surface area (TPSA) is 103 Å². The number of sulfone groups is 1. The van der Waals surface area contributed by atoms with Gasteiger partial charge in [-0.3, -0.25) is 4.79 Å². The van der Waals surface area contributed by atoms with Gasteiger partial charge in [0.25, 0.3) is 5.91 Å². The van der Waals surface area contributed by atoms with Crippen LogP contribution in [0.15, 0.2) is 41.8 Å². The zero-order valence-electron chi connectivity index (χ0n) is 18.4. The third kappa shape index (κ3) is 4.17. The first-order valence-corrected chi connectivity index (χ1v) is 13.6. The van der Waals surface area contributed by atoms with E-state index in [0.29, 0.717) is 50.9 Å². The molecule has 176 valence electrons. The van der Waals surface area contributed by atoms with Crippen molar-refractivity contribution in [3.05, 3.63) is 58.1 Å². The number of anilines is 1. The highest BCUT2D eigenvalue weighted by Gasteiger charge is 2.32. The van der Waals surface area contributed by atoms with Crippen molar-refractivity contribution in [2.75, 3.05) is 23.9 Å². The molecule has 0 saturated carbocycles. The lowest BCUT2D eigenvalue weighted by molar-refractivity contribution is 0.102. The van der Waals surface area contributed by atoms with Crippen molar-refractivity contribution in [3.8, 4) is 16.3 Å². The Hall–Kier alpha value is -2.95. The van der Waals surface area contributed by atoms with Gasteiger partial charge < -0.3 is 10.1 Å². The number of aromatic nitrogens is 3. The Morgan fingerprint density at radius 1 is 1.29 bits per heavy atom. The van der Waals surface area contributed by atoms with E-state index in [1.54, 1.807) is 35.9 Å². The van der Waals surface area contributed by atoms with Gasteiger partial charge in [0.15, 0.2) is 15.5 Å².